The van der Waals surface area contributed by atoms with Crippen LogP contribution in [0.4, 0.5) is 0 Å². The predicted octanol–water partition coefficient (Wildman–Crippen LogP) is -1.68. The van der Waals surface area contributed by atoms with E-state index in [1.165, 1.54) is 4.90 Å². The molecular weight excluding hydrogens is 224 g/mol. The first-order chi connectivity index (χ1) is 8.09. The van der Waals surface area contributed by atoms with E-state index >= 15 is 0 Å². The summed E-state index contributed by atoms with van der Waals surface area (Å²) in [7, 11) is 1.55. The Morgan fingerprint density at radius 1 is 1.29 bits per heavy atom. The van der Waals surface area contributed by atoms with Crippen molar-refractivity contribution in [2.24, 2.45) is 0 Å². The average molecular weight is 244 g/mol. The van der Waals surface area contributed by atoms with Gasteiger partial charge in [0.25, 0.3) is 5.91 Å². The highest BCUT2D eigenvalue weighted by Crippen LogP contribution is 2.27. The molecule has 2 aliphatic rings. The lowest BCUT2D eigenvalue weighted by Gasteiger charge is -2.37. The Kier molecular flexibility index (Phi) is 3.67. The van der Waals surface area contributed by atoms with Gasteiger partial charge in [-0.1, -0.05) is 0 Å². The lowest BCUT2D eigenvalue weighted by molar-refractivity contribution is -0.157. The number of aliphatic hydroxyl groups excluding tert-OH is 2. The predicted molar refractivity (Wildman–Crippen MR) is 60.4 cm³/mol. The smallest absolute Gasteiger partial charge is 0.255 e. The van der Waals surface area contributed by atoms with Crippen LogP contribution in [0.25, 0.3) is 0 Å². The van der Waals surface area contributed by atoms with Gasteiger partial charge >= 0.3 is 0 Å². The Morgan fingerprint density at radius 2 is 1.82 bits per heavy atom. The average Bonchev–Trinajstić information content (AvgIpc) is 2.69. The molecule has 1 amide bonds. The van der Waals surface area contributed by atoms with E-state index in [1.807, 2.05) is 0 Å². The molecule has 0 bridgehead atoms. The van der Waals surface area contributed by atoms with Gasteiger partial charge in [0.2, 0.25) is 0 Å². The molecular formula is C11H20N2O4. The van der Waals surface area contributed by atoms with Crippen molar-refractivity contribution in [1.82, 2.24) is 10.2 Å². The molecule has 0 aromatic rings. The fourth-order valence-corrected chi connectivity index (χ4v) is 2.56. The fraction of sp³-hybridized carbons (Fsp3) is 0.909. The topological polar surface area (TPSA) is 82.0 Å². The molecule has 6 heteroatoms. The van der Waals surface area contributed by atoms with Gasteiger partial charge < -0.3 is 25.2 Å². The number of nitrogens with zero attached hydrogens (tertiary/aromatic N) is 1. The number of ether oxygens (including phenoxy) is 1. The van der Waals surface area contributed by atoms with Crippen molar-refractivity contribution in [1.29, 1.82) is 0 Å². The Hall–Kier alpha value is -0.690. The highest BCUT2D eigenvalue weighted by Gasteiger charge is 2.45. The molecule has 2 heterocycles. The van der Waals surface area contributed by atoms with Crippen molar-refractivity contribution < 1.29 is 19.7 Å². The molecule has 3 N–H and O–H groups in total. The van der Waals surface area contributed by atoms with E-state index in [0.717, 1.165) is 13.1 Å². The van der Waals surface area contributed by atoms with Gasteiger partial charge in [-0.15, -0.1) is 0 Å². The number of likely N-dealkylation sites (tertiary alicyclic amines) is 1. The van der Waals surface area contributed by atoms with Gasteiger partial charge in [0.05, 0.1) is 12.2 Å². The van der Waals surface area contributed by atoms with E-state index in [1.54, 1.807) is 7.11 Å². The van der Waals surface area contributed by atoms with E-state index in [9.17, 15) is 15.0 Å². The highest BCUT2D eigenvalue weighted by atomic mass is 16.5. The maximum Gasteiger partial charge on any atom is 0.255 e. The Bertz CT molecular complexity index is 281. The summed E-state index contributed by atoms with van der Waals surface area (Å²) in [5.74, 6) is -0.114. The minimum absolute atomic E-state index is 0.114. The second kappa shape index (κ2) is 4.89. The summed E-state index contributed by atoms with van der Waals surface area (Å²) in [6, 6.07) is 0. The summed E-state index contributed by atoms with van der Waals surface area (Å²) in [6.07, 6.45) is -0.417. The van der Waals surface area contributed by atoms with Crippen molar-refractivity contribution in [2.75, 3.05) is 33.3 Å². The monoisotopic (exact) mass is 244 g/mol. The molecule has 2 saturated heterocycles. The van der Waals surface area contributed by atoms with Crippen LogP contribution in [-0.2, 0) is 9.53 Å². The van der Waals surface area contributed by atoms with Crippen LogP contribution < -0.4 is 5.32 Å². The SMILES string of the molecule is COC1(C(=O)N2CC(O)C(O)C2)CCNCC1. The zero-order valence-electron chi connectivity index (χ0n) is 10.1. The molecule has 6 nitrogen and oxygen atoms in total. The zero-order chi connectivity index (χ0) is 12.5. The molecule has 0 saturated carbocycles. The van der Waals surface area contributed by atoms with Crippen molar-refractivity contribution in [3.05, 3.63) is 0 Å². The number of piperidine rings is 1. The van der Waals surface area contributed by atoms with E-state index in [2.05, 4.69) is 5.32 Å². The Balaban J connectivity index is 2.07. The lowest BCUT2D eigenvalue weighted by Crippen LogP contribution is -2.55. The third-order valence-corrected chi connectivity index (χ3v) is 3.74. The van der Waals surface area contributed by atoms with E-state index in [-0.39, 0.29) is 19.0 Å². The standard InChI is InChI=1S/C11H20N2O4/c1-17-11(2-4-12-5-3-11)10(16)13-6-8(14)9(15)7-13/h8-9,12,14-15H,2-7H2,1H3. The minimum atomic E-state index is -0.838. The van der Waals surface area contributed by atoms with Crippen molar-refractivity contribution in [3.8, 4) is 0 Å². The largest absolute Gasteiger partial charge is 0.388 e. The van der Waals surface area contributed by atoms with E-state index in [0.29, 0.717) is 12.8 Å². The molecule has 0 aliphatic carbocycles. The first-order valence-electron chi connectivity index (χ1n) is 6.00. The van der Waals surface area contributed by atoms with Gasteiger partial charge in [0.15, 0.2) is 0 Å². The summed E-state index contributed by atoms with van der Waals surface area (Å²) in [4.78, 5) is 13.9. The molecule has 0 aromatic heterocycles. The summed E-state index contributed by atoms with van der Waals surface area (Å²) in [5, 5.41) is 22.1. The quantitative estimate of drug-likeness (QED) is 0.540. The molecule has 2 rings (SSSR count). The highest BCUT2D eigenvalue weighted by molar-refractivity contribution is 5.86. The second-order valence-corrected chi connectivity index (χ2v) is 4.79. The van der Waals surface area contributed by atoms with Crippen LogP contribution in [0.2, 0.25) is 0 Å². The maximum atomic E-state index is 12.4. The lowest BCUT2D eigenvalue weighted by atomic mass is 9.90. The van der Waals surface area contributed by atoms with Crippen LogP contribution in [0.3, 0.4) is 0 Å². The number of nitrogens with one attached hydrogen (secondary N) is 1. The van der Waals surface area contributed by atoms with Crippen LogP contribution >= 0.6 is 0 Å². The number of amides is 1. The molecule has 2 atom stereocenters. The minimum Gasteiger partial charge on any atom is -0.388 e. The van der Waals surface area contributed by atoms with Gasteiger partial charge in [-0.2, -0.15) is 0 Å². The molecule has 0 radical (unpaired) electrons. The molecule has 17 heavy (non-hydrogen) atoms. The van der Waals surface area contributed by atoms with Crippen molar-refractivity contribution in [2.45, 2.75) is 30.7 Å². The van der Waals surface area contributed by atoms with E-state index in [4.69, 9.17) is 4.74 Å². The van der Waals surface area contributed by atoms with Crippen LogP contribution in [-0.4, -0.2) is 72.1 Å². The van der Waals surface area contributed by atoms with Gasteiger partial charge in [0, 0.05) is 20.2 Å². The maximum absolute atomic E-state index is 12.4. The number of hydrogen-bond acceptors (Lipinski definition) is 5. The summed E-state index contributed by atoms with van der Waals surface area (Å²) >= 11 is 0. The Labute approximate surface area is 101 Å². The van der Waals surface area contributed by atoms with Crippen LogP contribution in [0.5, 0.6) is 0 Å². The first-order valence-corrected chi connectivity index (χ1v) is 6.00. The molecule has 0 aromatic carbocycles. The third kappa shape index (κ3) is 2.30. The number of β-amino-alcohol motifs (C(OH)–C–C–N with tert-alkyl or cyclic N) is 2. The number of methoxy groups -OCH3 is 1. The summed E-state index contributed by atoms with van der Waals surface area (Å²) < 4.78 is 5.43. The first kappa shape index (κ1) is 12.8. The van der Waals surface area contributed by atoms with Crippen LogP contribution in [0.1, 0.15) is 12.8 Å². The number of carbonyl (C=O) groups is 1. The van der Waals surface area contributed by atoms with Gasteiger partial charge in [-0.25, -0.2) is 0 Å². The molecule has 98 valence electrons. The van der Waals surface area contributed by atoms with Crippen molar-refractivity contribution >= 4 is 5.91 Å². The molecule has 2 aliphatic heterocycles. The van der Waals surface area contributed by atoms with Crippen molar-refractivity contribution in [3.63, 3.8) is 0 Å². The van der Waals surface area contributed by atoms with Crippen LogP contribution in [0.15, 0.2) is 0 Å². The summed E-state index contributed by atoms with van der Waals surface area (Å²) in [5.41, 5.74) is -0.783. The molecule has 0 spiro atoms. The van der Waals surface area contributed by atoms with Gasteiger partial charge in [0.1, 0.15) is 5.60 Å². The second-order valence-electron chi connectivity index (χ2n) is 4.79. The third-order valence-electron chi connectivity index (χ3n) is 3.74. The summed E-state index contributed by atoms with van der Waals surface area (Å²) in [6.45, 7) is 1.88. The van der Waals surface area contributed by atoms with E-state index < -0.39 is 17.8 Å². The van der Waals surface area contributed by atoms with Gasteiger partial charge in [-0.05, 0) is 25.9 Å². The van der Waals surface area contributed by atoms with Gasteiger partial charge in [-0.3, -0.25) is 4.79 Å². The molecule has 2 unspecified atom stereocenters. The Morgan fingerprint density at radius 3 is 2.29 bits per heavy atom. The normalized spacial score (nSPS) is 32.8. The number of aliphatic hydroxyl groups is 2. The fourth-order valence-electron chi connectivity index (χ4n) is 2.56. The number of hydrogen-bond donors (Lipinski definition) is 3. The molecule has 2 fully saturated rings. The number of rotatable bonds is 2. The van der Waals surface area contributed by atoms with Crippen LogP contribution in [0, 0.1) is 0 Å². The zero-order valence-corrected chi connectivity index (χ0v) is 10.1. The number of carbonyl (C=O) groups excluding carboxylic acids is 1.